The van der Waals surface area contributed by atoms with Crippen LogP contribution in [0.1, 0.15) is 10.4 Å². The van der Waals surface area contributed by atoms with E-state index in [9.17, 15) is 18.0 Å². The maximum absolute atomic E-state index is 13.2. The number of rotatable bonds is 1. The Bertz CT molecular complexity index is 442. The lowest BCUT2D eigenvalue weighted by Gasteiger charge is -2.38. The van der Waals surface area contributed by atoms with Gasteiger partial charge in [0.05, 0.1) is 13.1 Å². The predicted octanol–water partition coefficient (Wildman–Crippen LogP) is 2.52. The number of benzene rings is 1. The lowest BCUT2D eigenvalue weighted by atomic mass is 10.1. The van der Waals surface area contributed by atoms with Gasteiger partial charge in [0.15, 0.2) is 0 Å². The molecule has 0 N–H and O–H groups in total. The molecule has 2 rings (SSSR count). The topological polar surface area (TPSA) is 20.3 Å². The van der Waals surface area contributed by atoms with Gasteiger partial charge in [-0.2, -0.15) is 0 Å². The highest BCUT2D eigenvalue weighted by molar-refractivity contribution is 14.1. The van der Waals surface area contributed by atoms with Gasteiger partial charge in [0.1, 0.15) is 5.82 Å². The van der Waals surface area contributed by atoms with Crippen molar-refractivity contribution in [2.24, 2.45) is 0 Å². The molecule has 1 aromatic rings. The molecule has 0 bridgehead atoms. The van der Waals surface area contributed by atoms with Gasteiger partial charge in [0.2, 0.25) is 0 Å². The Hall–Kier alpha value is -0.790. The summed E-state index contributed by atoms with van der Waals surface area (Å²) in [4.78, 5) is 12.6. The van der Waals surface area contributed by atoms with Crippen LogP contribution in [0.4, 0.5) is 13.2 Å². The lowest BCUT2D eigenvalue weighted by molar-refractivity contribution is -0.113. The third-order valence-electron chi connectivity index (χ3n) is 2.30. The summed E-state index contributed by atoms with van der Waals surface area (Å²) in [5, 5.41) is 0. The van der Waals surface area contributed by atoms with E-state index in [-0.39, 0.29) is 5.56 Å². The minimum atomic E-state index is -2.79. The van der Waals surface area contributed by atoms with Crippen molar-refractivity contribution in [1.29, 1.82) is 0 Å². The van der Waals surface area contributed by atoms with Crippen molar-refractivity contribution < 1.29 is 18.0 Å². The van der Waals surface area contributed by atoms with Crippen LogP contribution in [0.3, 0.4) is 0 Å². The van der Waals surface area contributed by atoms with E-state index in [0.717, 1.165) is 11.0 Å². The average molecular weight is 341 g/mol. The molecule has 1 heterocycles. The van der Waals surface area contributed by atoms with Crippen LogP contribution in [0.5, 0.6) is 0 Å². The van der Waals surface area contributed by atoms with Gasteiger partial charge in [-0.1, -0.05) is 0 Å². The van der Waals surface area contributed by atoms with E-state index in [0.29, 0.717) is 3.57 Å². The van der Waals surface area contributed by atoms with Crippen molar-refractivity contribution >= 4 is 28.5 Å². The summed E-state index contributed by atoms with van der Waals surface area (Å²) in [6.07, 6.45) is 0. The standard InChI is InChI=1S/C10H7F3INO/c11-7-3-6(1-2-8(7)14)9(16)15-4-10(12,13)5-15/h1-3H,4-5H2. The number of amides is 1. The van der Waals surface area contributed by atoms with Gasteiger partial charge >= 0.3 is 0 Å². The lowest BCUT2D eigenvalue weighted by Crippen LogP contribution is -2.58. The van der Waals surface area contributed by atoms with Gasteiger partial charge in [-0.3, -0.25) is 4.79 Å². The third-order valence-corrected chi connectivity index (χ3v) is 3.17. The van der Waals surface area contributed by atoms with Gasteiger partial charge in [-0.25, -0.2) is 13.2 Å². The van der Waals surface area contributed by atoms with E-state index >= 15 is 0 Å². The summed E-state index contributed by atoms with van der Waals surface area (Å²) in [5.41, 5.74) is 0.105. The molecule has 1 aromatic carbocycles. The normalized spacial score (nSPS) is 18.1. The predicted molar refractivity (Wildman–Crippen MR) is 60.0 cm³/mol. The Morgan fingerprint density at radius 2 is 2.00 bits per heavy atom. The monoisotopic (exact) mass is 341 g/mol. The fourth-order valence-electron chi connectivity index (χ4n) is 1.47. The maximum atomic E-state index is 13.2. The van der Waals surface area contributed by atoms with Crippen molar-refractivity contribution in [3.63, 3.8) is 0 Å². The molecular formula is C10H7F3INO. The highest BCUT2D eigenvalue weighted by atomic mass is 127. The molecule has 0 spiro atoms. The molecule has 0 aromatic heterocycles. The SMILES string of the molecule is O=C(c1ccc(I)c(F)c1)N1CC(F)(F)C1. The quantitative estimate of drug-likeness (QED) is 0.719. The first-order valence-electron chi connectivity index (χ1n) is 4.51. The number of halogens is 4. The molecule has 16 heavy (non-hydrogen) atoms. The Kier molecular flexibility index (Phi) is 2.85. The van der Waals surface area contributed by atoms with E-state index in [1.807, 2.05) is 0 Å². The van der Waals surface area contributed by atoms with E-state index in [4.69, 9.17) is 0 Å². The van der Waals surface area contributed by atoms with Gasteiger partial charge < -0.3 is 4.90 Å². The number of alkyl halides is 2. The third kappa shape index (κ3) is 2.16. The van der Waals surface area contributed by atoms with Gasteiger partial charge in [0.25, 0.3) is 11.8 Å². The summed E-state index contributed by atoms with van der Waals surface area (Å²) in [6, 6.07) is 3.95. The molecular weight excluding hydrogens is 334 g/mol. The van der Waals surface area contributed by atoms with Crippen LogP contribution in [-0.4, -0.2) is 29.8 Å². The second-order valence-corrected chi connectivity index (χ2v) is 4.81. The van der Waals surface area contributed by atoms with Crippen molar-refractivity contribution in [3.8, 4) is 0 Å². The van der Waals surface area contributed by atoms with Crippen LogP contribution in [0.25, 0.3) is 0 Å². The smallest absolute Gasteiger partial charge is 0.282 e. The van der Waals surface area contributed by atoms with Crippen LogP contribution in [0.15, 0.2) is 18.2 Å². The first kappa shape index (κ1) is 11.7. The Morgan fingerprint density at radius 3 is 2.50 bits per heavy atom. The van der Waals surface area contributed by atoms with Crippen LogP contribution in [-0.2, 0) is 0 Å². The van der Waals surface area contributed by atoms with E-state index < -0.39 is 30.7 Å². The average Bonchev–Trinajstić information content (AvgIpc) is 2.17. The van der Waals surface area contributed by atoms with Crippen molar-refractivity contribution in [3.05, 3.63) is 33.1 Å². The molecule has 1 saturated heterocycles. The number of carbonyl (C=O) groups is 1. The van der Waals surface area contributed by atoms with Crippen molar-refractivity contribution in [1.82, 2.24) is 4.90 Å². The second kappa shape index (κ2) is 3.90. The first-order chi connectivity index (χ1) is 7.39. The zero-order valence-electron chi connectivity index (χ0n) is 8.01. The Balaban J connectivity index is 2.13. The van der Waals surface area contributed by atoms with Crippen LogP contribution in [0.2, 0.25) is 0 Å². The number of likely N-dealkylation sites (tertiary alicyclic amines) is 1. The van der Waals surface area contributed by atoms with Crippen LogP contribution < -0.4 is 0 Å². The van der Waals surface area contributed by atoms with E-state index in [1.165, 1.54) is 12.1 Å². The molecule has 1 amide bonds. The van der Waals surface area contributed by atoms with Crippen molar-refractivity contribution in [2.75, 3.05) is 13.1 Å². The Morgan fingerprint density at radius 1 is 1.38 bits per heavy atom. The summed E-state index contributed by atoms with van der Waals surface area (Å²) in [6.45, 7) is -1.17. The molecule has 6 heteroatoms. The molecule has 1 aliphatic heterocycles. The molecule has 1 fully saturated rings. The summed E-state index contributed by atoms with van der Waals surface area (Å²) < 4.78 is 38.6. The Labute approximate surface area is 104 Å². The number of hydrogen-bond acceptors (Lipinski definition) is 1. The van der Waals surface area contributed by atoms with Gasteiger partial charge in [0, 0.05) is 9.13 Å². The molecule has 0 atom stereocenters. The fraction of sp³-hybridized carbons (Fsp3) is 0.300. The molecule has 1 aliphatic rings. The molecule has 2 nitrogen and oxygen atoms in total. The minimum Gasteiger partial charge on any atom is -0.326 e. The molecule has 0 aliphatic carbocycles. The molecule has 86 valence electrons. The van der Waals surface area contributed by atoms with E-state index in [1.54, 1.807) is 22.6 Å². The molecule has 0 radical (unpaired) electrons. The second-order valence-electron chi connectivity index (χ2n) is 3.65. The summed E-state index contributed by atoms with van der Waals surface area (Å²) >= 11 is 1.79. The first-order valence-corrected chi connectivity index (χ1v) is 5.59. The number of carbonyl (C=O) groups excluding carboxylic acids is 1. The maximum Gasteiger partial charge on any atom is 0.282 e. The largest absolute Gasteiger partial charge is 0.326 e. The van der Waals surface area contributed by atoms with E-state index in [2.05, 4.69) is 0 Å². The zero-order chi connectivity index (χ0) is 11.9. The minimum absolute atomic E-state index is 0.105. The van der Waals surface area contributed by atoms with Crippen molar-refractivity contribution in [2.45, 2.75) is 5.92 Å². The molecule has 0 saturated carbocycles. The zero-order valence-corrected chi connectivity index (χ0v) is 10.2. The number of nitrogens with zero attached hydrogens (tertiary/aromatic N) is 1. The van der Waals surface area contributed by atoms with Gasteiger partial charge in [-0.05, 0) is 40.8 Å². The van der Waals surface area contributed by atoms with Crippen LogP contribution in [0, 0.1) is 9.39 Å². The summed E-state index contributed by atoms with van der Waals surface area (Å²) in [7, 11) is 0. The van der Waals surface area contributed by atoms with Crippen LogP contribution >= 0.6 is 22.6 Å². The molecule has 0 unspecified atom stereocenters. The summed E-state index contributed by atoms with van der Waals surface area (Å²) in [5.74, 6) is -3.86. The highest BCUT2D eigenvalue weighted by Crippen LogP contribution is 2.28. The fourth-order valence-corrected chi connectivity index (χ4v) is 1.80. The highest BCUT2D eigenvalue weighted by Gasteiger charge is 2.46. The number of hydrogen-bond donors (Lipinski definition) is 0. The van der Waals surface area contributed by atoms with Gasteiger partial charge in [-0.15, -0.1) is 0 Å².